The number of thiazole rings is 1. The summed E-state index contributed by atoms with van der Waals surface area (Å²) in [6, 6.07) is 10.8. The zero-order chi connectivity index (χ0) is 22.8. The van der Waals surface area contributed by atoms with E-state index in [1.165, 1.54) is 30.4 Å². The van der Waals surface area contributed by atoms with Crippen LogP contribution in [0.2, 0.25) is 0 Å². The second-order valence-electron chi connectivity index (χ2n) is 6.71. The number of oxazole rings is 1. The van der Waals surface area contributed by atoms with Crippen LogP contribution in [0.5, 0.6) is 0 Å². The number of nitrogens with one attached hydrogen (secondary N) is 2. The Kier molecular flexibility index (Phi) is 5.52. The summed E-state index contributed by atoms with van der Waals surface area (Å²) in [6.07, 6.45) is 0. The molecule has 32 heavy (non-hydrogen) atoms. The van der Waals surface area contributed by atoms with Crippen LogP contribution >= 0.6 is 11.3 Å². The number of aromatic nitrogens is 2. The van der Waals surface area contributed by atoms with E-state index in [1.807, 2.05) is 0 Å². The van der Waals surface area contributed by atoms with Crippen molar-refractivity contribution in [3.8, 4) is 11.3 Å². The number of hydrogen-bond acceptors (Lipinski definition) is 8. The fourth-order valence-corrected chi connectivity index (χ4v) is 3.75. The maximum absolute atomic E-state index is 12.4. The lowest BCUT2D eigenvalue weighted by Gasteiger charge is -2.03. The SMILES string of the molecule is CC(=O)Nc1ccc(-c2csc(NC(=O)Cn3c(=O)oc4cc([N+](=O)[O-])ccc43)n2)cc1. The average molecular weight is 453 g/mol. The summed E-state index contributed by atoms with van der Waals surface area (Å²) in [5.74, 6) is -1.47. The number of nitrogens with zero attached hydrogens (tertiary/aromatic N) is 3. The quantitative estimate of drug-likeness (QED) is 0.336. The Balaban J connectivity index is 1.47. The molecule has 2 aromatic heterocycles. The molecule has 2 heterocycles. The molecule has 0 aliphatic carbocycles. The fourth-order valence-electron chi connectivity index (χ4n) is 3.01. The molecule has 162 valence electrons. The molecule has 0 spiro atoms. The zero-order valence-electron chi connectivity index (χ0n) is 16.5. The van der Waals surface area contributed by atoms with Crippen LogP contribution in [0.4, 0.5) is 16.5 Å². The van der Waals surface area contributed by atoms with Crippen LogP contribution in [0.25, 0.3) is 22.4 Å². The minimum absolute atomic E-state index is 0.0243. The van der Waals surface area contributed by atoms with Gasteiger partial charge in [0.25, 0.3) is 5.69 Å². The summed E-state index contributed by atoms with van der Waals surface area (Å²) >= 11 is 1.21. The summed E-state index contributed by atoms with van der Waals surface area (Å²) < 4.78 is 6.11. The third-order valence-corrected chi connectivity index (χ3v) is 5.17. The lowest BCUT2D eigenvalue weighted by molar-refractivity contribution is -0.384. The summed E-state index contributed by atoms with van der Waals surface area (Å²) in [6.45, 7) is 1.08. The molecule has 0 saturated heterocycles. The van der Waals surface area contributed by atoms with Gasteiger partial charge in [0.15, 0.2) is 10.7 Å². The minimum Gasteiger partial charge on any atom is -0.407 e. The number of anilines is 2. The van der Waals surface area contributed by atoms with E-state index in [9.17, 15) is 24.5 Å². The molecule has 4 rings (SSSR count). The molecule has 0 saturated carbocycles. The topological polar surface area (TPSA) is 149 Å². The molecule has 0 fully saturated rings. The van der Waals surface area contributed by atoms with Gasteiger partial charge in [0, 0.05) is 29.6 Å². The Bertz CT molecular complexity index is 1400. The molecule has 0 unspecified atom stereocenters. The Labute approximate surface area is 183 Å². The van der Waals surface area contributed by atoms with Gasteiger partial charge in [-0.1, -0.05) is 12.1 Å². The van der Waals surface area contributed by atoms with Crippen molar-refractivity contribution in [2.75, 3.05) is 10.6 Å². The first-order chi connectivity index (χ1) is 15.3. The van der Waals surface area contributed by atoms with Gasteiger partial charge in [0.1, 0.15) is 6.54 Å². The number of carbonyl (C=O) groups is 2. The summed E-state index contributed by atoms with van der Waals surface area (Å²) in [5, 5.41) is 18.3. The van der Waals surface area contributed by atoms with Crippen LogP contribution in [0.3, 0.4) is 0 Å². The first kappa shape index (κ1) is 20.9. The molecule has 2 N–H and O–H groups in total. The number of carbonyl (C=O) groups excluding carboxylic acids is 2. The first-order valence-corrected chi connectivity index (χ1v) is 10.1. The number of non-ortho nitro benzene ring substituents is 1. The third-order valence-electron chi connectivity index (χ3n) is 4.42. The van der Waals surface area contributed by atoms with Crippen molar-refractivity contribution in [3.63, 3.8) is 0 Å². The number of hydrogen-bond donors (Lipinski definition) is 2. The van der Waals surface area contributed by atoms with E-state index in [-0.39, 0.29) is 29.2 Å². The van der Waals surface area contributed by atoms with Crippen LogP contribution in [0.1, 0.15) is 6.92 Å². The Morgan fingerprint density at radius 1 is 1.19 bits per heavy atom. The van der Waals surface area contributed by atoms with Gasteiger partial charge >= 0.3 is 5.76 Å². The summed E-state index contributed by atoms with van der Waals surface area (Å²) in [7, 11) is 0. The van der Waals surface area contributed by atoms with Gasteiger partial charge < -0.3 is 15.1 Å². The Morgan fingerprint density at radius 3 is 2.62 bits per heavy atom. The highest BCUT2D eigenvalue weighted by Gasteiger charge is 2.17. The molecular formula is C20H15N5O6S. The van der Waals surface area contributed by atoms with Gasteiger partial charge in [-0.05, 0) is 18.2 Å². The van der Waals surface area contributed by atoms with Crippen LogP contribution in [-0.2, 0) is 16.1 Å². The molecule has 4 aromatic rings. The number of nitro benzene ring substituents is 1. The van der Waals surface area contributed by atoms with E-state index in [0.717, 1.165) is 16.2 Å². The number of benzene rings is 2. The second-order valence-corrected chi connectivity index (χ2v) is 7.57. The third kappa shape index (κ3) is 4.39. The van der Waals surface area contributed by atoms with E-state index in [1.54, 1.807) is 29.6 Å². The fraction of sp³-hybridized carbons (Fsp3) is 0.100. The minimum atomic E-state index is -0.797. The normalized spacial score (nSPS) is 10.8. The highest BCUT2D eigenvalue weighted by atomic mass is 32.1. The zero-order valence-corrected chi connectivity index (χ0v) is 17.3. The van der Waals surface area contributed by atoms with Crippen molar-refractivity contribution in [1.82, 2.24) is 9.55 Å². The molecular weight excluding hydrogens is 438 g/mol. The molecule has 0 aliphatic rings. The van der Waals surface area contributed by atoms with Gasteiger partial charge in [-0.2, -0.15) is 0 Å². The smallest absolute Gasteiger partial charge is 0.407 e. The van der Waals surface area contributed by atoms with Gasteiger partial charge in [-0.25, -0.2) is 9.78 Å². The predicted octanol–water partition coefficient (Wildman–Crippen LogP) is 3.22. The van der Waals surface area contributed by atoms with E-state index in [0.29, 0.717) is 16.5 Å². The number of fused-ring (bicyclic) bond motifs is 1. The van der Waals surface area contributed by atoms with Gasteiger partial charge in [-0.15, -0.1) is 11.3 Å². The highest BCUT2D eigenvalue weighted by Crippen LogP contribution is 2.26. The predicted molar refractivity (Wildman–Crippen MR) is 118 cm³/mol. The molecule has 0 aliphatic heterocycles. The lowest BCUT2D eigenvalue weighted by atomic mass is 10.1. The monoisotopic (exact) mass is 453 g/mol. The van der Waals surface area contributed by atoms with Crippen LogP contribution in [0, 0.1) is 10.1 Å². The number of amides is 2. The maximum Gasteiger partial charge on any atom is 0.420 e. The Morgan fingerprint density at radius 2 is 1.94 bits per heavy atom. The molecule has 11 nitrogen and oxygen atoms in total. The average Bonchev–Trinajstić information content (AvgIpc) is 3.32. The van der Waals surface area contributed by atoms with Crippen molar-refractivity contribution in [1.29, 1.82) is 0 Å². The van der Waals surface area contributed by atoms with E-state index in [4.69, 9.17) is 4.42 Å². The number of rotatable bonds is 6. The standard InChI is InChI=1S/C20H15N5O6S/c1-11(26)21-13-4-2-12(3-5-13)15-10-32-19(22-15)23-18(27)9-24-16-7-6-14(25(29)30)8-17(16)31-20(24)28/h2-8,10H,9H2,1H3,(H,21,26)(H,22,23,27). The largest absolute Gasteiger partial charge is 0.420 e. The van der Waals surface area contributed by atoms with Crippen molar-refractivity contribution in [2.45, 2.75) is 13.5 Å². The molecule has 12 heteroatoms. The molecule has 0 radical (unpaired) electrons. The van der Waals surface area contributed by atoms with Gasteiger partial charge in [-0.3, -0.25) is 24.3 Å². The first-order valence-electron chi connectivity index (χ1n) is 9.21. The molecule has 0 atom stereocenters. The van der Waals surface area contributed by atoms with Crippen LogP contribution in [-0.4, -0.2) is 26.3 Å². The van der Waals surface area contributed by atoms with Gasteiger partial charge in [0.05, 0.1) is 22.2 Å². The van der Waals surface area contributed by atoms with Crippen molar-refractivity contribution >= 4 is 50.8 Å². The van der Waals surface area contributed by atoms with Crippen LogP contribution < -0.4 is 16.4 Å². The highest BCUT2D eigenvalue weighted by molar-refractivity contribution is 7.14. The Hall–Kier alpha value is -4.32. The van der Waals surface area contributed by atoms with E-state index < -0.39 is 16.6 Å². The van der Waals surface area contributed by atoms with Crippen LogP contribution in [0.15, 0.2) is 57.1 Å². The maximum atomic E-state index is 12.4. The van der Waals surface area contributed by atoms with Crippen molar-refractivity contribution in [3.05, 3.63) is 68.5 Å². The van der Waals surface area contributed by atoms with Crippen molar-refractivity contribution in [2.24, 2.45) is 0 Å². The molecule has 2 aromatic carbocycles. The molecule has 2 amide bonds. The van der Waals surface area contributed by atoms with E-state index in [2.05, 4.69) is 15.6 Å². The van der Waals surface area contributed by atoms with Gasteiger partial charge in [0.2, 0.25) is 11.8 Å². The van der Waals surface area contributed by atoms with E-state index >= 15 is 0 Å². The molecule has 0 bridgehead atoms. The summed E-state index contributed by atoms with van der Waals surface area (Å²) in [4.78, 5) is 50.3. The number of nitro groups is 1. The second kappa shape index (κ2) is 8.43. The lowest BCUT2D eigenvalue weighted by Crippen LogP contribution is -2.24. The van der Waals surface area contributed by atoms with Crippen molar-refractivity contribution < 1.29 is 18.9 Å². The summed E-state index contributed by atoms with van der Waals surface area (Å²) in [5.41, 5.74) is 2.18.